The van der Waals surface area contributed by atoms with Gasteiger partial charge in [0.1, 0.15) is 5.75 Å². The standard InChI is InChI=1S/C18H21NOS/c1-3-12-19-16-11-13-21(2,14-16)20-18-10-6-8-15-7-4-5-9-17(15)18/h4-11,13-14,19H,3,12H2,1-2H3. The highest BCUT2D eigenvalue weighted by molar-refractivity contribution is 8.34. The fourth-order valence-corrected chi connectivity index (χ4v) is 4.22. The minimum Gasteiger partial charge on any atom is -0.441 e. The van der Waals surface area contributed by atoms with Crippen molar-refractivity contribution in [1.29, 1.82) is 0 Å². The first-order valence-corrected chi connectivity index (χ1v) is 9.39. The Hall–Kier alpha value is -1.87. The average molecular weight is 299 g/mol. The van der Waals surface area contributed by atoms with E-state index in [1.807, 2.05) is 0 Å². The molecule has 2 aromatic rings. The van der Waals surface area contributed by atoms with Gasteiger partial charge < -0.3 is 9.50 Å². The first-order chi connectivity index (χ1) is 10.2. The third-order valence-electron chi connectivity index (χ3n) is 3.48. The molecular weight excluding hydrogens is 278 g/mol. The van der Waals surface area contributed by atoms with Gasteiger partial charge in [-0.3, -0.25) is 0 Å². The van der Waals surface area contributed by atoms with Crippen LogP contribution in [-0.2, 0) is 0 Å². The van der Waals surface area contributed by atoms with E-state index in [-0.39, 0.29) is 0 Å². The maximum absolute atomic E-state index is 6.37. The fraction of sp³-hybridized carbons (Fsp3) is 0.222. The monoisotopic (exact) mass is 299 g/mol. The molecule has 2 nitrogen and oxygen atoms in total. The van der Waals surface area contributed by atoms with Crippen LogP contribution in [0.2, 0.25) is 0 Å². The van der Waals surface area contributed by atoms with Gasteiger partial charge in [0.15, 0.2) is 0 Å². The van der Waals surface area contributed by atoms with Crippen LogP contribution >= 0.6 is 10.3 Å². The number of hydrogen-bond donors (Lipinski definition) is 1. The van der Waals surface area contributed by atoms with E-state index in [9.17, 15) is 0 Å². The molecule has 0 saturated carbocycles. The number of rotatable bonds is 5. The van der Waals surface area contributed by atoms with Crippen molar-refractivity contribution in [2.75, 3.05) is 12.8 Å². The maximum Gasteiger partial charge on any atom is 0.143 e. The van der Waals surface area contributed by atoms with Gasteiger partial charge in [-0.1, -0.05) is 53.6 Å². The number of fused-ring (bicyclic) bond motifs is 1. The number of benzene rings is 2. The molecule has 0 saturated heterocycles. The van der Waals surface area contributed by atoms with E-state index < -0.39 is 10.3 Å². The summed E-state index contributed by atoms with van der Waals surface area (Å²) in [5, 5.41) is 10.2. The van der Waals surface area contributed by atoms with Crippen LogP contribution in [0.5, 0.6) is 5.75 Å². The summed E-state index contributed by atoms with van der Waals surface area (Å²) >= 11 is 0. The van der Waals surface area contributed by atoms with Gasteiger partial charge in [0.2, 0.25) is 0 Å². The Bertz CT molecular complexity index is 702. The third kappa shape index (κ3) is 3.08. The van der Waals surface area contributed by atoms with Crippen molar-refractivity contribution in [2.24, 2.45) is 0 Å². The van der Waals surface area contributed by atoms with Crippen LogP contribution in [0.15, 0.2) is 65.1 Å². The molecule has 1 atom stereocenters. The topological polar surface area (TPSA) is 21.3 Å². The van der Waals surface area contributed by atoms with Crippen molar-refractivity contribution in [2.45, 2.75) is 13.3 Å². The first kappa shape index (κ1) is 14.1. The van der Waals surface area contributed by atoms with Gasteiger partial charge in [0, 0.05) is 29.3 Å². The molecule has 0 spiro atoms. The van der Waals surface area contributed by atoms with Crippen LogP contribution in [0.1, 0.15) is 13.3 Å². The molecule has 0 aromatic heterocycles. The number of hydrogen-bond acceptors (Lipinski definition) is 2. The van der Waals surface area contributed by atoms with Gasteiger partial charge in [-0.2, -0.15) is 0 Å². The molecule has 1 aliphatic rings. The highest BCUT2D eigenvalue weighted by Crippen LogP contribution is 2.53. The Kier molecular flexibility index (Phi) is 3.93. The minimum atomic E-state index is -1.33. The van der Waals surface area contributed by atoms with Crippen LogP contribution in [0.4, 0.5) is 0 Å². The summed E-state index contributed by atoms with van der Waals surface area (Å²) in [5.74, 6) is 0.961. The molecule has 1 unspecified atom stereocenters. The van der Waals surface area contributed by atoms with Crippen LogP contribution in [0, 0.1) is 0 Å². The summed E-state index contributed by atoms with van der Waals surface area (Å²) in [4.78, 5) is 0. The Morgan fingerprint density at radius 3 is 2.76 bits per heavy atom. The lowest BCUT2D eigenvalue weighted by molar-refractivity contribution is 0.642. The zero-order chi connectivity index (χ0) is 14.7. The molecule has 3 heteroatoms. The van der Waals surface area contributed by atoms with Crippen LogP contribution in [0.25, 0.3) is 10.8 Å². The highest BCUT2D eigenvalue weighted by Gasteiger charge is 2.20. The molecule has 110 valence electrons. The number of nitrogens with one attached hydrogen (secondary N) is 1. The lowest BCUT2D eigenvalue weighted by Gasteiger charge is -2.27. The van der Waals surface area contributed by atoms with Crippen molar-refractivity contribution >= 4 is 21.1 Å². The van der Waals surface area contributed by atoms with E-state index >= 15 is 0 Å². The normalized spacial score (nSPS) is 23.6. The van der Waals surface area contributed by atoms with E-state index in [2.05, 4.69) is 77.9 Å². The van der Waals surface area contributed by atoms with E-state index in [0.717, 1.165) is 18.7 Å². The molecule has 1 heterocycles. The number of allylic oxidation sites excluding steroid dienone is 1. The zero-order valence-corrected chi connectivity index (χ0v) is 13.3. The Labute approximate surface area is 128 Å². The summed E-state index contributed by atoms with van der Waals surface area (Å²) < 4.78 is 6.37. The molecule has 1 aliphatic heterocycles. The van der Waals surface area contributed by atoms with Crippen molar-refractivity contribution in [3.63, 3.8) is 0 Å². The van der Waals surface area contributed by atoms with E-state index in [1.54, 1.807) is 0 Å². The first-order valence-electron chi connectivity index (χ1n) is 7.29. The van der Waals surface area contributed by atoms with Crippen LogP contribution < -0.4 is 9.50 Å². The predicted molar refractivity (Wildman–Crippen MR) is 93.6 cm³/mol. The second-order valence-corrected chi connectivity index (χ2v) is 7.94. The highest BCUT2D eigenvalue weighted by atomic mass is 32.3. The summed E-state index contributed by atoms with van der Waals surface area (Å²) in [6, 6.07) is 14.6. The van der Waals surface area contributed by atoms with E-state index in [0.29, 0.717) is 0 Å². The van der Waals surface area contributed by atoms with Gasteiger partial charge in [0.25, 0.3) is 0 Å². The summed E-state index contributed by atoms with van der Waals surface area (Å²) in [5.41, 5.74) is 1.18. The molecule has 1 N–H and O–H groups in total. The zero-order valence-electron chi connectivity index (χ0n) is 12.5. The second kappa shape index (κ2) is 5.86. The smallest absolute Gasteiger partial charge is 0.143 e. The SMILES string of the molecule is CCCNC1=CS(C)(Oc2cccc3ccccc23)C=C1. The lowest BCUT2D eigenvalue weighted by atomic mass is 10.1. The Morgan fingerprint density at radius 2 is 1.90 bits per heavy atom. The summed E-state index contributed by atoms with van der Waals surface area (Å²) in [7, 11) is -1.33. The Morgan fingerprint density at radius 1 is 1.10 bits per heavy atom. The van der Waals surface area contributed by atoms with Gasteiger partial charge >= 0.3 is 0 Å². The Balaban J connectivity index is 1.86. The molecule has 3 rings (SSSR count). The minimum absolute atomic E-state index is 0.961. The molecular formula is C18H21NOS. The van der Waals surface area contributed by atoms with Crippen molar-refractivity contribution in [3.8, 4) is 5.75 Å². The summed E-state index contributed by atoms with van der Waals surface area (Å²) in [6.45, 7) is 3.17. The van der Waals surface area contributed by atoms with Crippen molar-refractivity contribution < 1.29 is 4.18 Å². The van der Waals surface area contributed by atoms with Gasteiger partial charge in [-0.05, 0) is 29.4 Å². The molecule has 0 aliphatic carbocycles. The lowest BCUT2D eigenvalue weighted by Crippen LogP contribution is -2.11. The molecule has 0 fully saturated rings. The molecule has 21 heavy (non-hydrogen) atoms. The average Bonchev–Trinajstić information content (AvgIpc) is 2.87. The van der Waals surface area contributed by atoms with E-state index in [1.165, 1.54) is 16.5 Å². The second-order valence-electron chi connectivity index (χ2n) is 5.33. The molecule has 2 aromatic carbocycles. The van der Waals surface area contributed by atoms with Crippen LogP contribution in [0.3, 0.4) is 0 Å². The molecule has 0 radical (unpaired) electrons. The fourth-order valence-electron chi connectivity index (χ4n) is 2.42. The maximum atomic E-state index is 6.37. The van der Waals surface area contributed by atoms with Crippen molar-refractivity contribution in [1.82, 2.24) is 5.32 Å². The van der Waals surface area contributed by atoms with Gasteiger partial charge in [0.05, 0.1) is 0 Å². The predicted octanol–water partition coefficient (Wildman–Crippen LogP) is 4.94. The van der Waals surface area contributed by atoms with Crippen molar-refractivity contribution in [3.05, 3.63) is 65.1 Å². The third-order valence-corrected chi connectivity index (χ3v) is 5.41. The molecule has 0 bridgehead atoms. The quantitative estimate of drug-likeness (QED) is 0.844. The van der Waals surface area contributed by atoms with E-state index in [4.69, 9.17) is 4.18 Å². The van der Waals surface area contributed by atoms with Crippen LogP contribution in [-0.4, -0.2) is 12.8 Å². The summed E-state index contributed by atoms with van der Waals surface area (Å²) in [6.07, 6.45) is 5.43. The van der Waals surface area contributed by atoms with Gasteiger partial charge in [-0.15, -0.1) is 0 Å². The largest absolute Gasteiger partial charge is 0.441 e. The van der Waals surface area contributed by atoms with Gasteiger partial charge in [-0.25, -0.2) is 0 Å². The molecule has 0 amide bonds.